The molecule has 0 nitrogen and oxygen atoms in total. The van der Waals surface area contributed by atoms with Crippen molar-refractivity contribution >= 4 is 0 Å². The Hall–Kier alpha value is -1.04. The zero-order valence-corrected chi connectivity index (χ0v) is 8.86. The van der Waals surface area contributed by atoms with E-state index in [1.807, 2.05) is 0 Å². The lowest BCUT2D eigenvalue weighted by molar-refractivity contribution is 0.865. The van der Waals surface area contributed by atoms with Gasteiger partial charge in [0.2, 0.25) is 0 Å². The predicted molar refractivity (Wildman–Crippen MR) is 64.3 cm³/mol. The average molecular weight is 188 g/mol. The van der Waals surface area contributed by atoms with E-state index in [2.05, 4.69) is 48.6 Å². The first-order chi connectivity index (χ1) is 7.00. The summed E-state index contributed by atoms with van der Waals surface area (Å²) in [5.74, 6) is 0. The Kier molecular flexibility index (Phi) is 6.74. The standard InChI is InChI=1S/C14H20/c1-2-4-6-8-10-12-14-13-11-9-7-5-3-1/h1-4,9,11-12,14H,5-8,10,13H2/b3-1+,4-2+,11-9?,14-12+. The summed E-state index contributed by atoms with van der Waals surface area (Å²) in [5, 5.41) is 0. The molecule has 0 radical (unpaired) electrons. The smallest absolute Gasteiger partial charge is 0.0169 e. The molecule has 14 heavy (non-hydrogen) atoms. The molecule has 0 aromatic heterocycles. The highest BCUT2D eigenvalue weighted by Crippen LogP contribution is 2.01. The highest BCUT2D eigenvalue weighted by molar-refractivity contribution is 5.03. The van der Waals surface area contributed by atoms with Gasteiger partial charge in [-0.05, 0) is 38.5 Å². The molecule has 0 amide bonds. The van der Waals surface area contributed by atoms with Crippen LogP contribution in [0, 0.1) is 0 Å². The fraction of sp³-hybridized carbons (Fsp3) is 0.429. The summed E-state index contributed by atoms with van der Waals surface area (Å²) in [7, 11) is 0. The summed E-state index contributed by atoms with van der Waals surface area (Å²) in [5.41, 5.74) is 0. The van der Waals surface area contributed by atoms with Crippen molar-refractivity contribution in [3.8, 4) is 0 Å². The Labute approximate surface area is 87.7 Å². The fourth-order valence-corrected chi connectivity index (χ4v) is 1.40. The molecule has 0 aromatic carbocycles. The van der Waals surface area contributed by atoms with Crippen molar-refractivity contribution in [2.45, 2.75) is 38.5 Å². The first-order valence-corrected chi connectivity index (χ1v) is 5.62. The molecule has 0 aliphatic heterocycles. The molecule has 76 valence electrons. The molecule has 0 spiro atoms. The molecule has 1 rings (SSSR count). The number of hydrogen-bond donors (Lipinski definition) is 0. The third-order valence-electron chi connectivity index (χ3n) is 2.23. The van der Waals surface area contributed by atoms with E-state index < -0.39 is 0 Å². The van der Waals surface area contributed by atoms with Gasteiger partial charge in [0.1, 0.15) is 0 Å². The predicted octanol–water partition coefficient (Wildman–Crippen LogP) is 4.57. The summed E-state index contributed by atoms with van der Waals surface area (Å²) < 4.78 is 0. The molecular weight excluding hydrogens is 168 g/mol. The minimum Gasteiger partial charge on any atom is -0.0882 e. The van der Waals surface area contributed by atoms with Gasteiger partial charge >= 0.3 is 0 Å². The van der Waals surface area contributed by atoms with Crippen molar-refractivity contribution in [2.24, 2.45) is 0 Å². The minimum absolute atomic E-state index is 1.10. The molecule has 0 atom stereocenters. The quantitative estimate of drug-likeness (QED) is 0.489. The molecule has 0 unspecified atom stereocenters. The maximum Gasteiger partial charge on any atom is -0.0169 e. The molecule has 0 fully saturated rings. The van der Waals surface area contributed by atoms with Crippen LogP contribution < -0.4 is 0 Å². The van der Waals surface area contributed by atoms with E-state index in [9.17, 15) is 0 Å². The van der Waals surface area contributed by atoms with Gasteiger partial charge in [0.05, 0.1) is 0 Å². The van der Waals surface area contributed by atoms with Gasteiger partial charge in [-0.3, -0.25) is 0 Å². The summed E-state index contributed by atoms with van der Waals surface area (Å²) in [6, 6.07) is 0. The number of hydrogen-bond acceptors (Lipinski definition) is 0. The molecular formula is C14H20. The molecule has 0 N–H and O–H groups in total. The first-order valence-electron chi connectivity index (χ1n) is 5.62. The van der Waals surface area contributed by atoms with Crippen LogP contribution in [0.2, 0.25) is 0 Å². The van der Waals surface area contributed by atoms with Crippen LogP contribution in [0.3, 0.4) is 0 Å². The zero-order chi connectivity index (χ0) is 9.90. The second-order valence-corrected chi connectivity index (χ2v) is 3.54. The number of rotatable bonds is 0. The molecule has 1 aliphatic carbocycles. The van der Waals surface area contributed by atoms with Crippen molar-refractivity contribution in [3.05, 3.63) is 48.6 Å². The van der Waals surface area contributed by atoms with Gasteiger partial charge in [-0.15, -0.1) is 0 Å². The fourth-order valence-electron chi connectivity index (χ4n) is 1.40. The third-order valence-corrected chi connectivity index (χ3v) is 2.23. The van der Waals surface area contributed by atoms with Crippen LogP contribution in [0.1, 0.15) is 38.5 Å². The summed E-state index contributed by atoms with van der Waals surface area (Å²) in [6.45, 7) is 0. The molecule has 0 bridgehead atoms. The Morgan fingerprint density at radius 3 is 1.93 bits per heavy atom. The Bertz CT molecular complexity index is 228. The maximum atomic E-state index is 2.29. The van der Waals surface area contributed by atoms with Crippen molar-refractivity contribution in [3.63, 3.8) is 0 Å². The topological polar surface area (TPSA) is 0 Å². The van der Waals surface area contributed by atoms with E-state index in [0.717, 1.165) is 19.3 Å². The van der Waals surface area contributed by atoms with Gasteiger partial charge in [-0.2, -0.15) is 0 Å². The van der Waals surface area contributed by atoms with Crippen molar-refractivity contribution < 1.29 is 0 Å². The normalized spacial score (nSPS) is 26.3. The van der Waals surface area contributed by atoms with Gasteiger partial charge in [0.15, 0.2) is 0 Å². The average Bonchev–Trinajstić information content (AvgIpc) is 2.22. The lowest BCUT2D eigenvalue weighted by atomic mass is 10.2. The van der Waals surface area contributed by atoms with Crippen LogP contribution in [0.25, 0.3) is 0 Å². The highest BCUT2D eigenvalue weighted by Gasteiger charge is 1.81. The van der Waals surface area contributed by atoms with E-state index in [1.54, 1.807) is 0 Å². The molecule has 0 heterocycles. The monoisotopic (exact) mass is 188 g/mol. The first kappa shape index (κ1) is 11.0. The Balaban J connectivity index is 2.34. The second-order valence-electron chi connectivity index (χ2n) is 3.54. The van der Waals surface area contributed by atoms with E-state index in [0.29, 0.717) is 0 Å². The maximum absolute atomic E-state index is 2.29. The van der Waals surface area contributed by atoms with Crippen molar-refractivity contribution in [1.29, 1.82) is 0 Å². The summed E-state index contributed by atoms with van der Waals surface area (Å²) in [4.78, 5) is 0. The van der Waals surface area contributed by atoms with Crippen LogP contribution >= 0.6 is 0 Å². The van der Waals surface area contributed by atoms with E-state index in [1.165, 1.54) is 19.3 Å². The van der Waals surface area contributed by atoms with Crippen molar-refractivity contribution in [1.82, 2.24) is 0 Å². The number of allylic oxidation sites excluding steroid dienone is 8. The Morgan fingerprint density at radius 2 is 1.07 bits per heavy atom. The molecule has 1 aliphatic rings. The van der Waals surface area contributed by atoms with Gasteiger partial charge in [-0.1, -0.05) is 48.6 Å². The van der Waals surface area contributed by atoms with Crippen LogP contribution in [0.4, 0.5) is 0 Å². The summed E-state index contributed by atoms with van der Waals surface area (Å²) >= 11 is 0. The molecule has 0 aromatic rings. The highest BCUT2D eigenvalue weighted by atomic mass is 13.9. The van der Waals surface area contributed by atoms with Gasteiger partial charge in [-0.25, -0.2) is 0 Å². The zero-order valence-electron chi connectivity index (χ0n) is 8.86. The van der Waals surface area contributed by atoms with E-state index in [4.69, 9.17) is 0 Å². The molecule has 0 saturated heterocycles. The molecule has 0 saturated carbocycles. The summed E-state index contributed by atoms with van der Waals surface area (Å²) in [6.07, 6.45) is 25.0. The van der Waals surface area contributed by atoms with Crippen LogP contribution in [0.5, 0.6) is 0 Å². The van der Waals surface area contributed by atoms with Crippen molar-refractivity contribution in [2.75, 3.05) is 0 Å². The van der Waals surface area contributed by atoms with Gasteiger partial charge in [0, 0.05) is 0 Å². The molecule has 0 heteroatoms. The van der Waals surface area contributed by atoms with Crippen LogP contribution in [-0.2, 0) is 0 Å². The second kappa shape index (κ2) is 8.55. The SMILES string of the molecule is C1=CCC/C=C/C=C/CCC/C=C/C1. The van der Waals surface area contributed by atoms with E-state index in [-0.39, 0.29) is 0 Å². The lowest BCUT2D eigenvalue weighted by Gasteiger charge is -1.91. The van der Waals surface area contributed by atoms with Gasteiger partial charge in [0.25, 0.3) is 0 Å². The third kappa shape index (κ3) is 6.47. The largest absolute Gasteiger partial charge is 0.0882 e. The lowest BCUT2D eigenvalue weighted by Crippen LogP contribution is -1.70. The Morgan fingerprint density at radius 1 is 0.500 bits per heavy atom. The van der Waals surface area contributed by atoms with Gasteiger partial charge < -0.3 is 0 Å². The van der Waals surface area contributed by atoms with Crippen LogP contribution in [-0.4, -0.2) is 0 Å². The van der Waals surface area contributed by atoms with Crippen LogP contribution in [0.15, 0.2) is 48.6 Å². The van der Waals surface area contributed by atoms with E-state index >= 15 is 0 Å². The minimum atomic E-state index is 1.10.